The van der Waals surface area contributed by atoms with Crippen LogP contribution in [0.15, 0.2) is 48.8 Å². The first-order valence-electron chi connectivity index (χ1n) is 16.9. The standard InChI is InChI=1S/C37H41F3N6O6/c1-36(2,3)32-30-23(26-16-41-29-15-21(38)11-13-45(26)29)7-9-24(31(30)33(47)46(32)34(48)49)42-28-10-8-22(20-12-14-51-19-20)25(43-28)17-44(18-27(39)40)35(50)52-37(4,5)6/h7-11,13,15-16,20,27,32H,12,14,17-19H2,1-6H3,(H,42,43)(H,48,49). The van der Waals surface area contributed by atoms with Gasteiger partial charge in [0.1, 0.15) is 22.9 Å². The van der Waals surface area contributed by atoms with Crippen LogP contribution in [-0.4, -0.2) is 79.2 Å². The Morgan fingerprint density at radius 3 is 2.52 bits per heavy atom. The van der Waals surface area contributed by atoms with Crippen molar-refractivity contribution in [1.29, 1.82) is 0 Å². The number of rotatable bonds is 8. The van der Waals surface area contributed by atoms with Gasteiger partial charge < -0.3 is 19.9 Å². The minimum atomic E-state index is -2.83. The molecule has 52 heavy (non-hydrogen) atoms. The number of fused-ring (bicyclic) bond motifs is 2. The Bertz CT molecular complexity index is 2030. The molecular weight excluding hydrogens is 681 g/mol. The molecule has 5 heterocycles. The molecule has 12 nitrogen and oxygen atoms in total. The number of ether oxygens (including phenoxy) is 2. The van der Waals surface area contributed by atoms with Gasteiger partial charge in [0.15, 0.2) is 0 Å². The van der Waals surface area contributed by atoms with Gasteiger partial charge in [0, 0.05) is 35.9 Å². The molecule has 2 aliphatic heterocycles. The highest BCUT2D eigenvalue weighted by atomic mass is 19.3. The minimum Gasteiger partial charge on any atom is -0.465 e. The Kier molecular flexibility index (Phi) is 9.68. The zero-order chi connectivity index (χ0) is 37.7. The summed E-state index contributed by atoms with van der Waals surface area (Å²) in [5.74, 6) is -1.09. The quantitative estimate of drug-likeness (QED) is 0.185. The van der Waals surface area contributed by atoms with Crippen LogP contribution in [0.25, 0.3) is 16.9 Å². The normalized spacial score (nSPS) is 17.6. The third kappa shape index (κ3) is 7.27. The molecule has 2 atom stereocenters. The molecule has 0 radical (unpaired) electrons. The van der Waals surface area contributed by atoms with E-state index >= 15 is 0 Å². The molecule has 1 fully saturated rings. The summed E-state index contributed by atoms with van der Waals surface area (Å²) in [5, 5.41) is 13.5. The second-order valence-corrected chi connectivity index (χ2v) is 15.1. The van der Waals surface area contributed by atoms with Crippen molar-refractivity contribution in [1.82, 2.24) is 24.2 Å². The van der Waals surface area contributed by atoms with Crippen molar-refractivity contribution in [3.8, 4) is 11.3 Å². The van der Waals surface area contributed by atoms with Crippen molar-refractivity contribution in [2.75, 3.05) is 25.1 Å². The van der Waals surface area contributed by atoms with Crippen LogP contribution in [0, 0.1) is 11.2 Å². The third-order valence-corrected chi connectivity index (χ3v) is 8.98. The molecule has 2 unspecified atom stereocenters. The minimum absolute atomic E-state index is 0.0932. The van der Waals surface area contributed by atoms with Gasteiger partial charge in [0.05, 0.1) is 54.6 Å². The maximum Gasteiger partial charge on any atom is 0.414 e. The number of amides is 3. The molecule has 3 aromatic heterocycles. The molecule has 276 valence electrons. The second-order valence-electron chi connectivity index (χ2n) is 15.1. The van der Waals surface area contributed by atoms with Gasteiger partial charge in [0.2, 0.25) is 0 Å². The first-order chi connectivity index (χ1) is 24.4. The lowest BCUT2D eigenvalue weighted by Gasteiger charge is -2.33. The molecule has 3 amide bonds. The highest BCUT2D eigenvalue weighted by molar-refractivity contribution is 6.12. The zero-order valence-corrected chi connectivity index (χ0v) is 29.7. The van der Waals surface area contributed by atoms with Crippen molar-refractivity contribution in [3.63, 3.8) is 0 Å². The van der Waals surface area contributed by atoms with E-state index in [9.17, 15) is 32.7 Å². The van der Waals surface area contributed by atoms with E-state index in [2.05, 4.69) is 10.3 Å². The van der Waals surface area contributed by atoms with Crippen LogP contribution in [0.2, 0.25) is 0 Å². The molecule has 1 saturated heterocycles. The number of imide groups is 1. The number of anilines is 2. The van der Waals surface area contributed by atoms with E-state index in [1.807, 2.05) is 20.8 Å². The van der Waals surface area contributed by atoms with Gasteiger partial charge in [-0.15, -0.1) is 0 Å². The first-order valence-corrected chi connectivity index (χ1v) is 16.9. The highest BCUT2D eigenvalue weighted by Gasteiger charge is 2.49. The van der Waals surface area contributed by atoms with Crippen LogP contribution in [-0.2, 0) is 16.0 Å². The Morgan fingerprint density at radius 1 is 1.13 bits per heavy atom. The monoisotopic (exact) mass is 722 g/mol. The molecule has 1 aromatic carbocycles. The van der Waals surface area contributed by atoms with Crippen molar-refractivity contribution in [2.24, 2.45) is 5.41 Å². The molecule has 0 saturated carbocycles. The molecule has 15 heteroatoms. The lowest BCUT2D eigenvalue weighted by Crippen LogP contribution is -2.39. The summed E-state index contributed by atoms with van der Waals surface area (Å²) in [4.78, 5) is 50.8. The molecule has 0 spiro atoms. The number of aromatic nitrogens is 3. The topological polar surface area (TPSA) is 139 Å². The van der Waals surface area contributed by atoms with Gasteiger partial charge in [-0.1, -0.05) is 32.9 Å². The molecule has 6 rings (SSSR count). The summed E-state index contributed by atoms with van der Waals surface area (Å²) < 4.78 is 54.3. The van der Waals surface area contributed by atoms with Gasteiger partial charge in [-0.2, -0.15) is 0 Å². The van der Waals surface area contributed by atoms with Gasteiger partial charge in [-0.25, -0.2) is 37.6 Å². The van der Waals surface area contributed by atoms with E-state index < -0.39 is 53.9 Å². The van der Waals surface area contributed by atoms with E-state index in [0.717, 1.165) is 15.4 Å². The Labute approximate surface area is 298 Å². The molecule has 2 aliphatic rings. The van der Waals surface area contributed by atoms with Gasteiger partial charge in [0.25, 0.3) is 12.3 Å². The number of nitrogens with one attached hydrogen (secondary N) is 1. The highest BCUT2D eigenvalue weighted by Crippen LogP contribution is 2.51. The number of nitrogens with zero attached hydrogens (tertiary/aromatic N) is 5. The van der Waals surface area contributed by atoms with Crippen LogP contribution in [0.4, 0.5) is 34.3 Å². The van der Waals surface area contributed by atoms with Crippen LogP contribution in [0.1, 0.15) is 87.1 Å². The molecule has 2 N–H and O–H groups in total. The van der Waals surface area contributed by atoms with E-state index in [0.29, 0.717) is 47.8 Å². The smallest absolute Gasteiger partial charge is 0.414 e. The average molecular weight is 723 g/mol. The fraction of sp³-hybridized carbons (Fsp3) is 0.432. The number of carbonyl (C=O) groups is 3. The third-order valence-electron chi connectivity index (χ3n) is 8.98. The fourth-order valence-corrected chi connectivity index (χ4v) is 6.88. The Hall–Kier alpha value is -5.18. The molecule has 4 aromatic rings. The summed E-state index contributed by atoms with van der Waals surface area (Å²) >= 11 is 0. The predicted molar refractivity (Wildman–Crippen MR) is 185 cm³/mol. The summed E-state index contributed by atoms with van der Waals surface area (Å²) in [6.45, 7) is 10.2. The van der Waals surface area contributed by atoms with Crippen molar-refractivity contribution in [3.05, 3.63) is 77.0 Å². The van der Waals surface area contributed by atoms with Gasteiger partial charge in [-0.05, 0) is 56.4 Å². The number of pyridine rings is 2. The maximum absolute atomic E-state index is 14.1. The number of hydrogen-bond donors (Lipinski definition) is 2. The number of imidazole rings is 1. The first kappa shape index (κ1) is 36.6. The molecule has 0 aliphatic carbocycles. The van der Waals surface area contributed by atoms with E-state index in [4.69, 9.17) is 14.5 Å². The number of carbonyl (C=O) groups excluding carboxylic acids is 2. The maximum atomic E-state index is 14.1. The number of hydrogen-bond acceptors (Lipinski definition) is 8. The summed E-state index contributed by atoms with van der Waals surface area (Å²) in [5.41, 5.74) is 1.54. The zero-order valence-electron chi connectivity index (χ0n) is 29.7. The lowest BCUT2D eigenvalue weighted by atomic mass is 9.80. The van der Waals surface area contributed by atoms with Crippen LogP contribution in [0.5, 0.6) is 0 Å². The summed E-state index contributed by atoms with van der Waals surface area (Å²) in [6, 6.07) is 8.46. The number of halogens is 3. The van der Waals surface area contributed by atoms with Crippen molar-refractivity contribution in [2.45, 2.75) is 78.5 Å². The Balaban J connectivity index is 1.47. The van der Waals surface area contributed by atoms with Crippen molar-refractivity contribution < 1.29 is 42.1 Å². The Morgan fingerprint density at radius 2 is 1.88 bits per heavy atom. The molecule has 0 bridgehead atoms. The predicted octanol–water partition coefficient (Wildman–Crippen LogP) is 8.01. The van der Waals surface area contributed by atoms with E-state index in [1.54, 1.807) is 55.6 Å². The van der Waals surface area contributed by atoms with E-state index in [1.165, 1.54) is 18.3 Å². The number of alkyl halides is 2. The second kappa shape index (κ2) is 13.7. The molecular formula is C37H41F3N6O6. The van der Waals surface area contributed by atoms with Crippen LogP contribution in [0.3, 0.4) is 0 Å². The van der Waals surface area contributed by atoms with Gasteiger partial charge >= 0.3 is 12.2 Å². The number of benzene rings is 1. The van der Waals surface area contributed by atoms with Gasteiger partial charge in [-0.3, -0.25) is 14.1 Å². The fourth-order valence-electron chi connectivity index (χ4n) is 6.88. The van der Waals surface area contributed by atoms with E-state index in [-0.39, 0.29) is 29.5 Å². The van der Waals surface area contributed by atoms with Crippen LogP contribution >= 0.6 is 0 Å². The average Bonchev–Trinajstić information content (AvgIpc) is 3.78. The summed E-state index contributed by atoms with van der Waals surface area (Å²) in [6.07, 6.45) is -1.46. The van der Waals surface area contributed by atoms with Crippen molar-refractivity contribution >= 4 is 35.2 Å². The van der Waals surface area contributed by atoms with Crippen LogP contribution < -0.4 is 5.32 Å². The number of carboxylic acid groups (broad SMARTS) is 1. The SMILES string of the molecule is CC(C)(C)OC(=O)N(Cc1nc(Nc2ccc(-c3cnc4cc(F)ccn34)c3c2C(=O)N(C(=O)O)C3C(C)(C)C)ccc1C1CCOC1)CC(F)F. The largest absolute Gasteiger partial charge is 0.465 e. The lowest BCUT2D eigenvalue weighted by molar-refractivity contribution is 0.00780. The summed E-state index contributed by atoms with van der Waals surface area (Å²) in [7, 11) is 0.